The largest absolute Gasteiger partial charge is 0.366 e. The second kappa shape index (κ2) is 10.6. The highest BCUT2D eigenvalue weighted by Gasteiger charge is 2.24. The Morgan fingerprint density at radius 2 is 2.03 bits per heavy atom. The lowest BCUT2D eigenvalue weighted by Crippen LogP contribution is -2.43. The monoisotopic (exact) mass is 505 g/mol. The molecule has 1 amide bonds. The third-order valence-electron chi connectivity index (χ3n) is 6.30. The topological polar surface area (TPSA) is 115 Å². The first-order valence-corrected chi connectivity index (χ1v) is 12.8. The zero-order valence-corrected chi connectivity index (χ0v) is 20.5. The molecule has 10 heteroatoms. The summed E-state index contributed by atoms with van der Waals surface area (Å²) in [5, 5.41) is 9.67. The van der Waals surface area contributed by atoms with Crippen LogP contribution in [0.3, 0.4) is 0 Å². The van der Waals surface area contributed by atoms with Crippen molar-refractivity contribution >= 4 is 28.6 Å². The molecule has 1 saturated heterocycles. The number of thiazole rings is 1. The Balaban J connectivity index is 1.31. The highest BCUT2D eigenvalue weighted by Crippen LogP contribution is 2.32. The molecule has 8 nitrogen and oxygen atoms in total. The summed E-state index contributed by atoms with van der Waals surface area (Å²) in [6.45, 7) is 2.30. The quantitative estimate of drug-likeness (QED) is 0.352. The van der Waals surface area contributed by atoms with Crippen LogP contribution in [0.5, 0.6) is 0 Å². The number of carbonyl (C=O) groups is 1. The smallest absolute Gasteiger partial charge is 0.275 e. The average Bonchev–Trinajstić information content (AvgIpc) is 3.54. The van der Waals surface area contributed by atoms with Gasteiger partial charge in [-0.3, -0.25) is 9.48 Å². The van der Waals surface area contributed by atoms with Gasteiger partial charge in [0.15, 0.2) is 0 Å². The summed E-state index contributed by atoms with van der Waals surface area (Å²) in [6, 6.07) is 12.7. The number of halogens is 1. The highest BCUT2D eigenvalue weighted by molar-refractivity contribution is 7.13. The van der Waals surface area contributed by atoms with E-state index in [4.69, 9.17) is 11.5 Å². The summed E-state index contributed by atoms with van der Waals surface area (Å²) in [7, 11) is 0. The van der Waals surface area contributed by atoms with Gasteiger partial charge in [-0.1, -0.05) is 30.3 Å². The number of aromatic nitrogens is 3. The summed E-state index contributed by atoms with van der Waals surface area (Å²) >= 11 is 1.36. The van der Waals surface area contributed by atoms with E-state index in [9.17, 15) is 9.18 Å². The van der Waals surface area contributed by atoms with E-state index < -0.39 is 5.91 Å². The molecule has 0 radical (unpaired) electrons. The van der Waals surface area contributed by atoms with Crippen molar-refractivity contribution in [3.8, 4) is 10.6 Å². The van der Waals surface area contributed by atoms with Crippen LogP contribution in [0.4, 0.5) is 15.8 Å². The molecule has 5 N–H and O–H groups in total. The number of nitrogens with two attached hydrogens (primary N) is 2. The molecule has 4 aromatic rings. The molecule has 1 unspecified atom stereocenters. The maximum Gasteiger partial charge on any atom is 0.275 e. The molecule has 3 heterocycles. The highest BCUT2D eigenvalue weighted by atomic mass is 32.1. The lowest BCUT2D eigenvalue weighted by molar-refractivity contribution is 0.102. The molecule has 0 saturated carbocycles. The van der Waals surface area contributed by atoms with E-state index in [1.807, 2.05) is 40.0 Å². The van der Waals surface area contributed by atoms with Crippen LogP contribution in [0.1, 0.15) is 34.5 Å². The van der Waals surface area contributed by atoms with Gasteiger partial charge in [-0.2, -0.15) is 5.10 Å². The number of nitrogens with zero attached hydrogens (tertiary/aromatic N) is 4. The lowest BCUT2D eigenvalue weighted by atomic mass is 10.1. The lowest BCUT2D eigenvalue weighted by Gasteiger charge is -2.34. The molecule has 2 aromatic carbocycles. The van der Waals surface area contributed by atoms with Crippen molar-refractivity contribution in [2.24, 2.45) is 11.5 Å². The van der Waals surface area contributed by atoms with Gasteiger partial charge in [0, 0.05) is 42.8 Å². The molecule has 0 bridgehead atoms. The Labute approximate surface area is 212 Å². The molecule has 1 fully saturated rings. The number of rotatable bonds is 7. The molecule has 2 aromatic heterocycles. The Morgan fingerprint density at radius 1 is 1.19 bits per heavy atom. The van der Waals surface area contributed by atoms with E-state index >= 15 is 0 Å². The van der Waals surface area contributed by atoms with Gasteiger partial charge < -0.3 is 21.7 Å². The van der Waals surface area contributed by atoms with Crippen LogP contribution in [0.2, 0.25) is 0 Å². The van der Waals surface area contributed by atoms with Gasteiger partial charge >= 0.3 is 0 Å². The van der Waals surface area contributed by atoms with E-state index in [0.29, 0.717) is 42.6 Å². The van der Waals surface area contributed by atoms with Gasteiger partial charge in [0.05, 0.1) is 24.1 Å². The van der Waals surface area contributed by atoms with E-state index in [1.165, 1.54) is 17.4 Å². The van der Waals surface area contributed by atoms with Crippen LogP contribution in [0, 0.1) is 5.82 Å². The fourth-order valence-electron chi connectivity index (χ4n) is 4.49. The molecular formula is C26H28FN7OS. The number of carbonyl (C=O) groups excluding carboxylic acids is 1. The van der Waals surface area contributed by atoms with Crippen LogP contribution in [0.15, 0.2) is 60.2 Å². The van der Waals surface area contributed by atoms with Gasteiger partial charge in [0.2, 0.25) is 0 Å². The van der Waals surface area contributed by atoms with Crippen molar-refractivity contribution in [1.29, 1.82) is 0 Å². The standard InChI is InChI=1S/C26H28FN7OS/c27-21-8-3-9-22(24(21)33-10-4-7-20(29)15-33)31-25(35)23-16-36-26(32-23)19-12-30-34(14-19)13-18-6-2-1-5-17(18)11-28/h1-3,5-6,8-9,12,14,16,20H,4,7,10-11,13,15,28-29H2,(H,31,35). The molecule has 0 aliphatic carbocycles. The fraction of sp³-hybridized carbons (Fsp3) is 0.269. The van der Waals surface area contributed by atoms with E-state index in [-0.39, 0.29) is 17.6 Å². The number of para-hydroxylation sites is 1. The van der Waals surface area contributed by atoms with Crippen molar-refractivity contribution in [2.75, 3.05) is 23.3 Å². The predicted octanol–water partition coefficient (Wildman–Crippen LogP) is 3.83. The second-order valence-corrected chi connectivity index (χ2v) is 9.73. The summed E-state index contributed by atoms with van der Waals surface area (Å²) in [4.78, 5) is 19.4. The zero-order valence-electron chi connectivity index (χ0n) is 19.7. The number of anilines is 2. The fourth-order valence-corrected chi connectivity index (χ4v) is 5.27. The minimum Gasteiger partial charge on any atom is -0.366 e. The first kappa shape index (κ1) is 24.1. The maximum atomic E-state index is 14.8. The first-order chi connectivity index (χ1) is 17.5. The summed E-state index contributed by atoms with van der Waals surface area (Å²) in [5.41, 5.74) is 16.0. The summed E-state index contributed by atoms with van der Waals surface area (Å²) < 4.78 is 16.6. The van der Waals surface area contributed by atoms with Crippen LogP contribution in [-0.2, 0) is 13.1 Å². The molecule has 1 aliphatic rings. The van der Waals surface area contributed by atoms with Gasteiger partial charge in [0.25, 0.3) is 5.91 Å². The molecular weight excluding hydrogens is 477 g/mol. The molecule has 1 atom stereocenters. The molecule has 5 rings (SSSR count). The Bertz CT molecular complexity index is 1370. The van der Waals surface area contributed by atoms with Crippen molar-refractivity contribution < 1.29 is 9.18 Å². The third kappa shape index (κ3) is 5.15. The maximum absolute atomic E-state index is 14.8. The van der Waals surface area contributed by atoms with Crippen molar-refractivity contribution in [1.82, 2.24) is 14.8 Å². The Kier molecular flexibility index (Phi) is 7.08. The number of amides is 1. The van der Waals surface area contributed by atoms with E-state index in [1.54, 1.807) is 23.7 Å². The number of benzene rings is 2. The van der Waals surface area contributed by atoms with Crippen LogP contribution in [0.25, 0.3) is 10.6 Å². The van der Waals surface area contributed by atoms with Gasteiger partial charge in [-0.25, -0.2) is 9.37 Å². The van der Waals surface area contributed by atoms with Gasteiger partial charge in [-0.05, 0) is 36.1 Å². The third-order valence-corrected chi connectivity index (χ3v) is 7.19. The number of hydrogen-bond donors (Lipinski definition) is 3. The number of nitrogens with one attached hydrogen (secondary N) is 1. The number of hydrogen-bond acceptors (Lipinski definition) is 7. The second-order valence-electron chi connectivity index (χ2n) is 8.88. The Hall–Kier alpha value is -3.60. The minimum absolute atomic E-state index is 0.0206. The number of piperidine rings is 1. The van der Waals surface area contributed by atoms with Crippen LogP contribution >= 0.6 is 11.3 Å². The summed E-state index contributed by atoms with van der Waals surface area (Å²) in [6.07, 6.45) is 5.42. The molecule has 0 spiro atoms. The minimum atomic E-state index is -0.394. The van der Waals surface area contributed by atoms with Crippen LogP contribution < -0.4 is 21.7 Å². The van der Waals surface area contributed by atoms with Crippen molar-refractivity contribution in [2.45, 2.75) is 32.0 Å². The van der Waals surface area contributed by atoms with Crippen molar-refractivity contribution in [3.05, 3.63) is 82.9 Å². The predicted molar refractivity (Wildman–Crippen MR) is 141 cm³/mol. The van der Waals surface area contributed by atoms with Gasteiger partial charge in [0.1, 0.15) is 16.5 Å². The normalized spacial score (nSPS) is 15.8. The van der Waals surface area contributed by atoms with E-state index in [0.717, 1.165) is 29.5 Å². The molecule has 186 valence electrons. The SMILES string of the molecule is NCc1ccccc1Cn1cc(-c2nc(C(=O)Nc3cccc(F)c3N3CCCC(N)C3)cs2)cn1. The molecule has 36 heavy (non-hydrogen) atoms. The van der Waals surface area contributed by atoms with E-state index in [2.05, 4.69) is 15.4 Å². The summed E-state index contributed by atoms with van der Waals surface area (Å²) in [5.74, 6) is -0.778. The first-order valence-electron chi connectivity index (χ1n) is 11.9. The van der Waals surface area contributed by atoms with Crippen LogP contribution in [-0.4, -0.2) is 39.8 Å². The molecule has 1 aliphatic heterocycles. The van der Waals surface area contributed by atoms with Crippen molar-refractivity contribution in [3.63, 3.8) is 0 Å². The van der Waals surface area contributed by atoms with Gasteiger partial charge in [-0.15, -0.1) is 11.3 Å². The Morgan fingerprint density at radius 3 is 2.83 bits per heavy atom. The zero-order chi connectivity index (χ0) is 25.1. The average molecular weight is 506 g/mol.